The molecule has 12 rings (SSSR count). The van der Waals surface area contributed by atoms with Gasteiger partial charge in [-0.15, -0.1) is 0 Å². The van der Waals surface area contributed by atoms with Crippen molar-refractivity contribution in [3.8, 4) is 67.3 Å². The fourth-order valence-corrected chi connectivity index (χ4v) is 9.74. The van der Waals surface area contributed by atoms with Crippen molar-refractivity contribution in [2.24, 2.45) is 0 Å². The maximum absolute atomic E-state index is 6.38. The van der Waals surface area contributed by atoms with Crippen LogP contribution in [0.15, 0.2) is 235 Å². The molecule has 0 N–H and O–H groups in total. The van der Waals surface area contributed by atoms with E-state index >= 15 is 0 Å². The molecular weight excluding hydrogens is 753 g/mol. The summed E-state index contributed by atoms with van der Waals surface area (Å²) in [6, 6.07) is 82.2. The molecule has 3 nitrogen and oxygen atoms in total. The quantitative estimate of drug-likeness (QED) is 0.161. The largest absolute Gasteiger partial charge is 0.455 e. The van der Waals surface area contributed by atoms with Gasteiger partial charge in [0.1, 0.15) is 11.2 Å². The number of benzene rings is 9. The zero-order valence-electron chi connectivity index (χ0n) is 33.7. The van der Waals surface area contributed by atoms with Gasteiger partial charge in [0.05, 0.1) is 16.8 Å². The second-order valence-electron chi connectivity index (χ2n) is 16.1. The van der Waals surface area contributed by atoms with Crippen LogP contribution >= 0.6 is 0 Å². The Bertz CT molecular complexity index is 3400. The van der Waals surface area contributed by atoms with Crippen molar-refractivity contribution < 1.29 is 4.42 Å². The molecule has 0 bridgehead atoms. The molecule has 1 aliphatic rings. The Kier molecular flexibility index (Phi) is 8.39. The molecule has 9 aromatic carbocycles. The standard InChI is InChI=1S/C59H38N2O/c1-4-16-41(17-5-1)58-60-54(43-19-14-18-42(36-43)39-30-32-40(33-31-39)47-26-15-27-51-50-25-11-13-29-56(50)62-57(47)51)38-55(61-58)44-34-35-49-48-24-10-12-28-52(48)59(53(49)37-44,45-20-6-2-7-21-45)46-22-8-3-9-23-46/h1-38H. The SMILES string of the molecule is c1ccc(-c2nc(-c3cccc(-c4ccc(-c5cccc6c5oc5ccccc56)cc4)c3)cc(-c3ccc4c(c3)C(c3ccccc3)(c3ccccc3)c3ccccc3-4)n2)cc1. The lowest BCUT2D eigenvalue weighted by molar-refractivity contribution is 0.670. The zero-order chi connectivity index (χ0) is 41.0. The Labute approximate surface area is 360 Å². The van der Waals surface area contributed by atoms with Crippen LogP contribution in [-0.2, 0) is 5.41 Å². The summed E-state index contributed by atoms with van der Waals surface area (Å²) in [5, 5.41) is 2.26. The Morgan fingerprint density at radius 1 is 0.323 bits per heavy atom. The van der Waals surface area contributed by atoms with E-state index in [1.807, 2.05) is 30.3 Å². The lowest BCUT2D eigenvalue weighted by atomic mass is 9.67. The molecule has 0 radical (unpaired) electrons. The van der Waals surface area contributed by atoms with Crippen molar-refractivity contribution in [3.63, 3.8) is 0 Å². The number of hydrogen-bond donors (Lipinski definition) is 0. The van der Waals surface area contributed by atoms with E-state index in [-0.39, 0.29) is 0 Å². The Morgan fingerprint density at radius 3 is 1.61 bits per heavy atom. The third-order valence-corrected chi connectivity index (χ3v) is 12.6. The summed E-state index contributed by atoms with van der Waals surface area (Å²) in [6.07, 6.45) is 0. The highest BCUT2D eigenvalue weighted by Crippen LogP contribution is 2.56. The third kappa shape index (κ3) is 5.74. The van der Waals surface area contributed by atoms with Gasteiger partial charge in [-0.25, -0.2) is 9.97 Å². The van der Waals surface area contributed by atoms with E-state index in [0.717, 1.165) is 72.3 Å². The van der Waals surface area contributed by atoms with Crippen LogP contribution in [0.3, 0.4) is 0 Å². The number of nitrogens with zero attached hydrogens (tertiary/aromatic N) is 2. The molecule has 0 atom stereocenters. The summed E-state index contributed by atoms with van der Waals surface area (Å²) < 4.78 is 6.38. The molecule has 1 aliphatic carbocycles. The predicted octanol–water partition coefficient (Wildman–Crippen LogP) is 15.1. The molecule has 3 heteroatoms. The molecule has 62 heavy (non-hydrogen) atoms. The highest BCUT2D eigenvalue weighted by Gasteiger charge is 2.46. The molecule has 2 heterocycles. The van der Waals surface area contributed by atoms with E-state index in [9.17, 15) is 0 Å². The molecule has 0 amide bonds. The average Bonchev–Trinajstić information content (AvgIpc) is 3.89. The van der Waals surface area contributed by atoms with Crippen LogP contribution < -0.4 is 0 Å². The molecule has 0 saturated carbocycles. The van der Waals surface area contributed by atoms with Crippen LogP contribution in [0.5, 0.6) is 0 Å². The topological polar surface area (TPSA) is 38.9 Å². The van der Waals surface area contributed by atoms with Crippen molar-refractivity contribution in [1.29, 1.82) is 0 Å². The molecule has 0 unspecified atom stereocenters. The van der Waals surface area contributed by atoms with Crippen LogP contribution in [-0.4, -0.2) is 9.97 Å². The number of aromatic nitrogens is 2. The van der Waals surface area contributed by atoms with Crippen molar-refractivity contribution in [3.05, 3.63) is 253 Å². The fraction of sp³-hybridized carbons (Fsp3) is 0.0169. The van der Waals surface area contributed by atoms with Crippen LogP contribution in [0.1, 0.15) is 22.3 Å². The Balaban J connectivity index is 0.976. The highest BCUT2D eigenvalue weighted by atomic mass is 16.3. The monoisotopic (exact) mass is 790 g/mol. The van der Waals surface area contributed by atoms with Crippen LogP contribution in [0.25, 0.3) is 89.2 Å². The third-order valence-electron chi connectivity index (χ3n) is 12.6. The number of fused-ring (bicyclic) bond motifs is 6. The summed E-state index contributed by atoms with van der Waals surface area (Å²) >= 11 is 0. The number of furan rings is 1. The second-order valence-corrected chi connectivity index (χ2v) is 16.1. The van der Waals surface area contributed by atoms with Gasteiger partial charge in [0.25, 0.3) is 0 Å². The van der Waals surface area contributed by atoms with Gasteiger partial charge < -0.3 is 4.42 Å². The van der Waals surface area contributed by atoms with Gasteiger partial charge in [0, 0.05) is 33.0 Å². The number of para-hydroxylation sites is 2. The predicted molar refractivity (Wildman–Crippen MR) is 254 cm³/mol. The summed E-state index contributed by atoms with van der Waals surface area (Å²) in [6.45, 7) is 0. The molecule has 0 spiro atoms. The van der Waals surface area contributed by atoms with Gasteiger partial charge in [0.15, 0.2) is 5.82 Å². The van der Waals surface area contributed by atoms with Gasteiger partial charge in [-0.05, 0) is 74.3 Å². The van der Waals surface area contributed by atoms with Crippen molar-refractivity contribution in [2.45, 2.75) is 5.41 Å². The first-order valence-corrected chi connectivity index (χ1v) is 21.1. The first kappa shape index (κ1) is 35.8. The fourth-order valence-electron chi connectivity index (χ4n) is 9.74. The normalized spacial score (nSPS) is 12.6. The molecule has 0 saturated heterocycles. The molecule has 0 aliphatic heterocycles. The van der Waals surface area contributed by atoms with Gasteiger partial charge >= 0.3 is 0 Å². The van der Waals surface area contributed by atoms with E-state index in [1.165, 1.54) is 33.4 Å². The number of rotatable bonds is 7. The van der Waals surface area contributed by atoms with Crippen LogP contribution in [0.4, 0.5) is 0 Å². The second kappa shape index (κ2) is 14.5. The first-order chi connectivity index (χ1) is 30.7. The minimum Gasteiger partial charge on any atom is -0.455 e. The van der Waals surface area contributed by atoms with E-state index in [1.54, 1.807) is 0 Å². The molecule has 0 fully saturated rings. The number of hydrogen-bond acceptors (Lipinski definition) is 3. The Morgan fingerprint density at radius 2 is 0.855 bits per heavy atom. The van der Waals surface area contributed by atoms with Gasteiger partial charge in [-0.2, -0.15) is 0 Å². The smallest absolute Gasteiger partial charge is 0.160 e. The highest BCUT2D eigenvalue weighted by molar-refractivity contribution is 6.09. The van der Waals surface area contributed by atoms with E-state index < -0.39 is 5.41 Å². The van der Waals surface area contributed by atoms with Crippen molar-refractivity contribution >= 4 is 21.9 Å². The zero-order valence-corrected chi connectivity index (χ0v) is 33.7. The van der Waals surface area contributed by atoms with Gasteiger partial charge in [-0.1, -0.05) is 206 Å². The van der Waals surface area contributed by atoms with Gasteiger partial charge in [0.2, 0.25) is 0 Å². The van der Waals surface area contributed by atoms with Gasteiger partial charge in [-0.3, -0.25) is 0 Å². The maximum atomic E-state index is 6.38. The van der Waals surface area contributed by atoms with E-state index in [4.69, 9.17) is 14.4 Å². The lowest BCUT2D eigenvalue weighted by Gasteiger charge is -2.34. The van der Waals surface area contributed by atoms with E-state index in [2.05, 4.69) is 200 Å². The average molecular weight is 791 g/mol. The molecular formula is C59H38N2O. The van der Waals surface area contributed by atoms with E-state index in [0.29, 0.717) is 5.82 Å². The Hall–Kier alpha value is -8.14. The first-order valence-electron chi connectivity index (χ1n) is 21.1. The summed E-state index contributed by atoms with van der Waals surface area (Å²) in [5.74, 6) is 0.689. The van der Waals surface area contributed by atoms with Crippen molar-refractivity contribution in [1.82, 2.24) is 9.97 Å². The molecule has 2 aromatic heterocycles. The maximum Gasteiger partial charge on any atom is 0.160 e. The minimum atomic E-state index is -0.509. The van der Waals surface area contributed by atoms with Crippen LogP contribution in [0.2, 0.25) is 0 Å². The lowest BCUT2D eigenvalue weighted by Crippen LogP contribution is -2.28. The molecule has 290 valence electrons. The summed E-state index contributed by atoms with van der Waals surface area (Å²) in [5.41, 5.74) is 18.0. The molecule has 11 aromatic rings. The summed E-state index contributed by atoms with van der Waals surface area (Å²) in [7, 11) is 0. The summed E-state index contributed by atoms with van der Waals surface area (Å²) in [4.78, 5) is 10.5. The minimum absolute atomic E-state index is 0.509. The van der Waals surface area contributed by atoms with Crippen molar-refractivity contribution in [2.75, 3.05) is 0 Å². The van der Waals surface area contributed by atoms with Crippen LogP contribution in [0, 0.1) is 0 Å².